The first-order valence-electron chi connectivity index (χ1n) is 7.23. The predicted octanol–water partition coefficient (Wildman–Crippen LogP) is 3.45. The fourth-order valence-electron chi connectivity index (χ4n) is 2.50. The molecule has 21 heavy (non-hydrogen) atoms. The number of benzene rings is 1. The fraction of sp³-hybridized carbons (Fsp3) is 0.353. The van der Waals surface area contributed by atoms with Gasteiger partial charge in [0.15, 0.2) is 0 Å². The van der Waals surface area contributed by atoms with Crippen molar-refractivity contribution in [2.45, 2.75) is 26.7 Å². The number of aromatic nitrogens is 1. The molecule has 0 aliphatic rings. The standard InChI is InChI=1S/C17H22N2O2/c1-4-18-7-5-6-8-21-17(20)14-11-19-15-10-12(2)9-13(3)16(14)15/h4,9-11,18-19H,1,5-8H2,2-3H3. The van der Waals surface area contributed by atoms with Gasteiger partial charge in [-0.25, -0.2) is 4.79 Å². The lowest BCUT2D eigenvalue weighted by atomic mass is 10.0. The maximum absolute atomic E-state index is 12.2. The van der Waals surface area contributed by atoms with E-state index in [9.17, 15) is 4.79 Å². The molecule has 4 heteroatoms. The first kappa shape index (κ1) is 15.2. The third-order valence-electron chi connectivity index (χ3n) is 3.43. The Hall–Kier alpha value is -2.23. The highest BCUT2D eigenvalue weighted by Crippen LogP contribution is 2.24. The molecule has 0 aliphatic heterocycles. The highest BCUT2D eigenvalue weighted by molar-refractivity contribution is 6.05. The zero-order valence-corrected chi connectivity index (χ0v) is 12.7. The fourth-order valence-corrected chi connectivity index (χ4v) is 2.50. The number of hydrogen-bond donors (Lipinski definition) is 2. The van der Waals surface area contributed by atoms with Crippen LogP contribution in [0.15, 0.2) is 31.1 Å². The molecule has 2 rings (SSSR count). The number of aromatic amines is 1. The minimum Gasteiger partial charge on any atom is -0.462 e. The summed E-state index contributed by atoms with van der Waals surface area (Å²) in [5.74, 6) is -0.259. The summed E-state index contributed by atoms with van der Waals surface area (Å²) >= 11 is 0. The van der Waals surface area contributed by atoms with Crippen LogP contribution in [0.25, 0.3) is 10.9 Å². The summed E-state index contributed by atoms with van der Waals surface area (Å²) in [6.07, 6.45) is 5.19. The first-order chi connectivity index (χ1) is 10.1. The van der Waals surface area contributed by atoms with Crippen LogP contribution in [-0.2, 0) is 4.74 Å². The Balaban J connectivity index is 1.98. The van der Waals surface area contributed by atoms with Gasteiger partial charge in [0.25, 0.3) is 0 Å². The van der Waals surface area contributed by atoms with E-state index in [0.717, 1.165) is 35.9 Å². The number of carbonyl (C=O) groups is 1. The number of rotatable bonds is 7. The van der Waals surface area contributed by atoms with Crippen LogP contribution >= 0.6 is 0 Å². The van der Waals surface area contributed by atoms with Crippen LogP contribution in [0.1, 0.15) is 34.3 Å². The second kappa shape index (κ2) is 6.97. The van der Waals surface area contributed by atoms with E-state index in [2.05, 4.69) is 22.9 Å². The van der Waals surface area contributed by atoms with Crippen LogP contribution < -0.4 is 5.32 Å². The molecule has 0 amide bonds. The lowest BCUT2D eigenvalue weighted by Crippen LogP contribution is -2.10. The molecular formula is C17H22N2O2. The highest BCUT2D eigenvalue weighted by Gasteiger charge is 2.15. The van der Waals surface area contributed by atoms with Crippen molar-refractivity contribution in [1.29, 1.82) is 0 Å². The number of ether oxygens (including phenoxy) is 1. The van der Waals surface area contributed by atoms with Crippen molar-refractivity contribution >= 4 is 16.9 Å². The molecule has 1 aromatic carbocycles. The molecule has 0 aliphatic carbocycles. The van der Waals surface area contributed by atoms with Crippen molar-refractivity contribution in [3.05, 3.63) is 47.8 Å². The largest absolute Gasteiger partial charge is 0.462 e. The molecule has 0 saturated carbocycles. The Morgan fingerprint density at radius 2 is 2.19 bits per heavy atom. The van der Waals surface area contributed by atoms with E-state index in [-0.39, 0.29) is 5.97 Å². The zero-order chi connectivity index (χ0) is 15.2. The molecule has 0 saturated heterocycles. The van der Waals surface area contributed by atoms with Gasteiger partial charge in [0.1, 0.15) is 0 Å². The van der Waals surface area contributed by atoms with Crippen molar-refractivity contribution < 1.29 is 9.53 Å². The summed E-state index contributed by atoms with van der Waals surface area (Å²) in [7, 11) is 0. The molecule has 2 N–H and O–H groups in total. The van der Waals surface area contributed by atoms with Crippen LogP contribution in [0.4, 0.5) is 0 Å². The lowest BCUT2D eigenvalue weighted by Gasteiger charge is -2.06. The number of esters is 1. The molecule has 0 bridgehead atoms. The van der Waals surface area contributed by atoms with E-state index in [0.29, 0.717) is 12.2 Å². The quantitative estimate of drug-likeness (QED) is 0.605. The van der Waals surface area contributed by atoms with Gasteiger partial charge >= 0.3 is 5.97 Å². The van der Waals surface area contributed by atoms with Crippen molar-refractivity contribution in [2.24, 2.45) is 0 Å². The first-order valence-corrected chi connectivity index (χ1v) is 7.23. The molecule has 0 radical (unpaired) electrons. The second-order valence-electron chi connectivity index (χ2n) is 5.21. The molecular weight excluding hydrogens is 264 g/mol. The average molecular weight is 286 g/mol. The summed E-state index contributed by atoms with van der Waals surface area (Å²) in [5, 5.41) is 3.98. The monoisotopic (exact) mass is 286 g/mol. The van der Waals surface area contributed by atoms with Crippen LogP contribution in [-0.4, -0.2) is 24.1 Å². The molecule has 0 fully saturated rings. The summed E-state index contributed by atoms with van der Waals surface area (Å²) in [4.78, 5) is 15.3. The second-order valence-corrected chi connectivity index (χ2v) is 5.21. The van der Waals surface area contributed by atoms with Gasteiger partial charge < -0.3 is 15.0 Å². The Labute approximate surface area is 125 Å². The molecule has 0 atom stereocenters. The summed E-state index contributed by atoms with van der Waals surface area (Å²) in [6.45, 7) is 8.94. The Morgan fingerprint density at radius 1 is 1.38 bits per heavy atom. The maximum atomic E-state index is 12.2. The molecule has 1 aromatic heterocycles. The summed E-state index contributed by atoms with van der Waals surface area (Å²) in [6, 6.07) is 4.12. The van der Waals surface area contributed by atoms with E-state index in [1.54, 1.807) is 12.4 Å². The molecule has 112 valence electrons. The Kier molecular flexibility index (Phi) is 5.04. The maximum Gasteiger partial charge on any atom is 0.340 e. The van der Waals surface area contributed by atoms with Crippen molar-refractivity contribution in [1.82, 2.24) is 10.3 Å². The van der Waals surface area contributed by atoms with Crippen LogP contribution in [0.3, 0.4) is 0 Å². The van der Waals surface area contributed by atoms with Gasteiger partial charge in [-0.1, -0.05) is 12.6 Å². The van der Waals surface area contributed by atoms with Gasteiger partial charge in [-0.2, -0.15) is 0 Å². The minimum absolute atomic E-state index is 0.259. The van der Waals surface area contributed by atoms with E-state index < -0.39 is 0 Å². The summed E-state index contributed by atoms with van der Waals surface area (Å²) in [5.41, 5.74) is 3.87. The van der Waals surface area contributed by atoms with E-state index in [1.807, 2.05) is 19.9 Å². The smallest absolute Gasteiger partial charge is 0.340 e. The number of nitrogens with one attached hydrogen (secondary N) is 2. The van der Waals surface area contributed by atoms with E-state index in [1.165, 1.54) is 5.56 Å². The average Bonchev–Trinajstić information content (AvgIpc) is 2.86. The van der Waals surface area contributed by atoms with E-state index in [4.69, 9.17) is 4.74 Å². The van der Waals surface area contributed by atoms with E-state index >= 15 is 0 Å². The normalized spacial score (nSPS) is 10.6. The van der Waals surface area contributed by atoms with Gasteiger partial charge in [-0.05, 0) is 50.1 Å². The zero-order valence-electron chi connectivity index (χ0n) is 12.7. The van der Waals surface area contributed by atoms with Gasteiger partial charge in [0, 0.05) is 23.6 Å². The van der Waals surface area contributed by atoms with Crippen LogP contribution in [0, 0.1) is 13.8 Å². The molecule has 4 nitrogen and oxygen atoms in total. The number of hydrogen-bond acceptors (Lipinski definition) is 3. The molecule has 0 spiro atoms. The number of carbonyl (C=O) groups excluding carboxylic acids is 1. The Morgan fingerprint density at radius 3 is 2.95 bits per heavy atom. The van der Waals surface area contributed by atoms with Gasteiger partial charge in [0.05, 0.1) is 12.2 Å². The topological polar surface area (TPSA) is 54.1 Å². The SMILES string of the molecule is C=CNCCCCOC(=O)c1c[nH]c2cc(C)cc(C)c12. The number of unbranched alkanes of at least 4 members (excludes halogenated alkanes) is 1. The van der Waals surface area contributed by atoms with Crippen LogP contribution in [0.2, 0.25) is 0 Å². The lowest BCUT2D eigenvalue weighted by molar-refractivity contribution is 0.0501. The number of H-pyrrole nitrogens is 1. The molecule has 0 unspecified atom stereocenters. The highest BCUT2D eigenvalue weighted by atomic mass is 16.5. The van der Waals surface area contributed by atoms with Crippen molar-refractivity contribution in [3.63, 3.8) is 0 Å². The van der Waals surface area contributed by atoms with Crippen molar-refractivity contribution in [2.75, 3.05) is 13.2 Å². The predicted molar refractivity (Wildman–Crippen MR) is 85.5 cm³/mol. The Bertz CT molecular complexity index is 644. The van der Waals surface area contributed by atoms with Crippen LogP contribution in [0.5, 0.6) is 0 Å². The number of aryl methyl sites for hydroxylation is 2. The van der Waals surface area contributed by atoms with Gasteiger partial charge in [-0.15, -0.1) is 0 Å². The minimum atomic E-state index is -0.259. The third kappa shape index (κ3) is 3.66. The van der Waals surface area contributed by atoms with Gasteiger partial charge in [-0.3, -0.25) is 0 Å². The summed E-state index contributed by atoms with van der Waals surface area (Å²) < 4.78 is 5.35. The van der Waals surface area contributed by atoms with Gasteiger partial charge in [0.2, 0.25) is 0 Å². The molecule has 1 heterocycles. The van der Waals surface area contributed by atoms with Crippen molar-refractivity contribution in [3.8, 4) is 0 Å². The molecule has 2 aromatic rings. The third-order valence-corrected chi connectivity index (χ3v) is 3.43. The number of fused-ring (bicyclic) bond motifs is 1.